The number of anilines is 2. The molecule has 0 aliphatic rings. The molecule has 0 heterocycles. The SMILES string of the molecule is Cc1ccccc1NNC(=O)Nc1ccccc1. The summed E-state index contributed by atoms with van der Waals surface area (Å²) >= 11 is 0. The van der Waals surface area contributed by atoms with Gasteiger partial charge >= 0.3 is 6.03 Å². The van der Waals surface area contributed by atoms with Crippen LogP contribution >= 0.6 is 0 Å². The van der Waals surface area contributed by atoms with Crippen LogP contribution in [0.15, 0.2) is 54.6 Å². The van der Waals surface area contributed by atoms with Gasteiger partial charge in [0.25, 0.3) is 0 Å². The predicted molar refractivity (Wildman–Crippen MR) is 73.4 cm³/mol. The molecule has 4 nitrogen and oxygen atoms in total. The Hall–Kier alpha value is -2.49. The van der Waals surface area contributed by atoms with E-state index in [-0.39, 0.29) is 6.03 Å². The van der Waals surface area contributed by atoms with Crippen LogP contribution in [0.2, 0.25) is 0 Å². The number of aryl methyl sites for hydroxylation is 1. The Labute approximate surface area is 106 Å². The molecular weight excluding hydrogens is 226 g/mol. The number of urea groups is 1. The topological polar surface area (TPSA) is 53.2 Å². The minimum Gasteiger partial charge on any atom is -0.307 e. The maximum Gasteiger partial charge on any atom is 0.337 e. The van der Waals surface area contributed by atoms with Crippen molar-refractivity contribution in [3.05, 3.63) is 60.2 Å². The van der Waals surface area contributed by atoms with Gasteiger partial charge < -0.3 is 5.32 Å². The first-order valence-corrected chi connectivity index (χ1v) is 5.69. The van der Waals surface area contributed by atoms with Crippen molar-refractivity contribution in [2.75, 3.05) is 10.7 Å². The molecule has 2 aromatic carbocycles. The number of hydrogen-bond acceptors (Lipinski definition) is 2. The average molecular weight is 241 g/mol. The van der Waals surface area contributed by atoms with Crippen LogP contribution in [0.5, 0.6) is 0 Å². The molecule has 0 saturated carbocycles. The summed E-state index contributed by atoms with van der Waals surface area (Å²) in [4.78, 5) is 11.6. The number of amides is 2. The Morgan fingerprint density at radius 1 is 0.944 bits per heavy atom. The zero-order chi connectivity index (χ0) is 12.8. The highest BCUT2D eigenvalue weighted by Crippen LogP contribution is 2.11. The fourth-order valence-electron chi connectivity index (χ4n) is 1.52. The van der Waals surface area contributed by atoms with Gasteiger partial charge in [-0.15, -0.1) is 0 Å². The van der Waals surface area contributed by atoms with Gasteiger partial charge in [0, 0.05) is 5.69 Å². The molecular formula is C14H15N3O. The first kappa shape index (κ1) is 12.0. The van der Waals surface area contributed by atoms with Crippen molar-refractivity contribution >= 4 is 17.4 Å². The third-order valence-corrected chi connectivity index (χ3v) is 2.49. The lowest BCUT2D eigenvalue weighted by Crippen LogP contribution is -2.33. The van der Waals surface area contributed by atoms with Crippen molar-refractivity contribution in [2.45, 2.75) is 6.92 Å². The predicted octanol–water partition coefficient (Wildman–Crippen LogP) is 3.14. The number of para-hydroxylation sites is 2. The van der Waals surface area contributed by atoms with Gasteiger partial charge in [-0.05, 0) is 30.7 Å². The first-order chi connectivity index (χ1) is 8.75. The van der Waals surface area contributed by atoms with E-state index in [1.165, 1.54) is 0 Å². The molecule has 0 spiro atoms. The number of carbonyl (C=O) groups excluding carboxylic acids is 1. The molecule has 0 aliphatic carbocycles. The molecule has 0 bridgehead atoms. The Morgan fingerprint density at radius 2 is 1.61 bits per heavy atom. The van der Waals surface area contributed by atoms with E-state index in [0.29, 0.717) is 0 Å². The summed E-state index contributed by atoms with van der Waals surface area (Å²) in [7, 11) is 0. The van der Waals surface area contributed by atoms with Crippen LogP contribution in [0, 0.1) is 6.92 Å². The summed E-state index contributed by atoms with van der Waals surface area (Å²) in [5, 5.41) is 2.72. The quantitative estimate of drug-likeness (QED) is 0.723. The molecule has 0 unspecified atom stereocenters. The van der Waals surface area contributed by atoms with Crippen LogP contribution in [0.3, 0.4) is 0 Å². The Balaban J connectivity index is 1.88. The fourth-order valence-corrected chi connectivity index (χ4v) is 1.52. The van der Waals surface area contributed by atoms with Gasteiger partial charge in [0.1, 0.15) is 0 Å². The Morgan fingerprint density at radius 3 is 2.33 bits per heavy atom. The van der Waals surface area contributed by atoms with Gasteiger partial charge in [0.15, 0.2) is 0 Å². The second-order valence-electron chi connectivity index (χ2n) is 3.89. The van der Waals surface area contributed by atoms with Crippen LogP contribution in [0.25, 0.3) is 0 Å². The third-order valence-electron chi connectivity index (χ3n) is 2.49. The normalized spacial score (nSPS) is 9.61. The minimum absolute atomic E-state index is 0.301. The van der Waals surface area contributed by atoms with Crippen LogP contribution < -0.4 is 16.2 Å². The number of hydrazine groups is 1. The molecule has 18 heavy (non-hydrogen) atoms. The van der Waals surface area contributed by atoms with Crippen molar-refractivity contribution in [3.63, 3.8) is 0 Å². The minimum atomic E-state index is -0.301. The molecule has 3 N–H and O–H groups in total. The lowest BCUT2D eigenvalue weighted by atomic mass is 10.2. The van der Waals surface area contributed by atoms with E-state index >= 15 is 0 Å². The van der Waals surface area contributed by atoms with E-state index in [1.54, 1.807) is 0 Å². The highest BCUT2D eigenvalue weighted by molar-refractivity contribution is 5.89. The van der Waals surface area contributed by atoms with Crippen molar-refractivity contribution < 1.29 is 4.79 Å². The van der Waals surface area contributed by atoms with Gasteiger partial charge in [-0.3, -0.25) is 10.9 Å². The van der Waals surface area contributed by atoms with E-state index in [4.69, 9.17) is 0 Å². The van der Waals surface area contributed by atoms with Crippen molar-refractivity contribution in [3.8, 4) is 0 Å². The summed E-state index contributed by atoms with van der Waals surface area (Å²) in [6.07, 6.45) is 0. The molecule has 2 aromatic rings. The maximum absolute atomic E-state index is 11.6. The van der Waals surface area contributed by atoms with E-state index in [0.717, 1.165) is 16.9 Å². The summed E-state index contributed by atoms with van der Waals surface area (Å²) < 4.78 is 0. The molecule has 92 valence electrons. The van der Waals surface area contributed by atoms with Crippen LogP contribution in [-0.2, 0) is 0 Å². The molecule has 0 aromatic heterocycles. The molecule has 4 heteroatoms. The van der Waals surface area contributed by atoms with Gasteiger partial charge in [0.2, 0.25) is 0 Å². The van der Waals surface area contributed by atoms with E-state index in [9.17, 15) is 4.79 Å². The second-order valence-corrected chi connectivity index (χ2v) is 3.89. The van der Waals surface area contributed by atoms with Gasteiger partial charge in [-0.2, -0.15) is 0 Å². The number of hydrogen-bond donors (Lipinski definition) is 3. The summed E-state index contributed by atoms with van der Waals surface area (Å²) in [5.41, 5.74) is 8.15. The molecule has 0 aliphatic heterocycles. The molecule has 0 atom stereocenters. The second kappa shape index (κ2) is 5.72. The van der Waals surface area contributed by atoms with E-state index in [1.807, 2.05) is 61.5 Å². The number of benzene rings is 2. The zero-order valence-corrected chi connectivity index (χ0v) is 10.1. The molecule has 2 amide bonds. The van der Waals surface area contributed by atoms with E-state index in [2.05, 4.69) is 16.2 Å². The number of nitrogens with one attached hydrogen (secondary N) is 3. The van der Waals surface area contributed by atoms with Crippen molar-refractivity contribution in [1.82, 2.24) is 5.43 Å². The molecule has 0 saturated heterocycles. The largest absolute Gasteiger partial charge is 0.337 e. The summed E-state index contributed by atoms with van der Waals surface area (Å²) in [6.45, 7) is 1.97. The molecule has 0 fully saturated rings. The average Bonchev–Trinajstić information content (AvgIpc) is 2.39. The standard InChI is InChI=1S/C14H15N3O/c1-11-7-5-6-10-13(11)16-17-14(18)15-12-8-3-2-4-9-12/h2-10,16H,1H3,(H2,15,17,18). The summed E-state index contributed by atoms with van der Waals surface area (Å²) in [6, 6.07) is 16.7. The third kappa shape index (κ3) is 3.25. The van der Waals surface area contributed by atoms with Gasteiger partial charge in [-0.25, -0.2) is 4.79 Å². The Bertz CT molecular complexity index is 526. The number of rotatable bonds is 3. The van der Waals surface area contributed by atoms with Gasteiger partial charge in [-0.1, -0.05) is 36.4 Å². The van der Waals surface area contributed by atoms with Crippen LogP contribution in [0.4, 0.5) is 16.2 Å². The maximum atomic E-state index is 11.6. The Kier molecular flexibility index (Phi) is 3.81. The smallest absolute Gasteiger partial charge is 0.307 e. The van der Waals surface area contributed by atoms with Crippen molar-refractivity contribution in [1.29, 1.82) is 0 Å². The zero-order valence-electron chi connectivity index (χ0n) is 10.1. The first-order valence-electron chi connectivity index (χ1n) is 5.69. The monoisotopic (exact) mass is 241 g/mol. The van der Waals surface area contributed by atoms with E-state index < -0.39 is 0 Å². The lowest BCUT2D eigenvalue weighted by molar-refractivity contribution is 0.254. The van der Waals surface area contributed by atoms with Crippen LogP contribution in [0.1, 0.15) is 5.56 Å². The fraction of sp³-hybridized carbons (Fsp3) is 0.0714. The molecule has 2 rings (SSSR count). The number of carbonyl (C=O) groups is 1. The van der Waals surface area contributed by atoms with Crippen LogP contribution in [-0.4, -0.2) is 6.03 Å². The highest BCUT2D eigenvalue weighted by atomic mass is 16.2. The summed E-state index contributed by atoms with van der Waals surface area (Å²) in [5.74, 6) is 0. The van der Waals surface area contributed by atoms with Crippen molar-refractivity contribution in [2.24, 2.45) is 0 Å². The molecule has 0 radical (unpaired) electrons. The lowest BCUT2D eigenvalue weighted by Gasteiger charge is -2.11. The van der Waals surface area contributed by atoms with Gasteiger partial charge in [0.05, 0.1) is 5.69 Å². The highest BCUT2D eigenvalue weighted by Gasteiger charge is 2.01.